The summed E-state index contributed by atoms with van der Waals surface area (Å²) >= 11 is 13.7. The average molecular weight is 642 g/mol. The van der Waals surface area contributed by atoms with Gasteiger partial charge in [-0.2, -0.15) is 0 Å². The number of nitrogens with one attached hydrogen (secondary N) is 2. The van der Waals surface area contributed by atoms with Gasteiger partial charge in [-0.3, -0.25) is 4.79 Å². The van der Waals surface area contributed by atoms with Crippen molar-refractivity contribution < 1.29 is 19.1 Å². The lowest BCUT2D eigenvalue weighted by Crippen LogP contribution is -2.49. The highest BCUT2D eigenvalue weighted by molar-refractivity contribution is 7.20. The summed E-state index contributed by atoms with van der Waals surface area (Å²) < 4.78 is 16.7. The Kier molecular flexibility index (Phi) is 7.46. The topological polar surface area (TPSA) is 105 Å². The van der Waals surface area contributed by atoms with Gasteiger partial charge in [0.15, 0.2) is 0 Å². The van der Waals surface area contributed by atoms with Crippen LogP contribution in [-0.4, -0.2) is 35.6 Å². The molecular weight excluding hydrogens is 612 g/mol. The zero-order valence-corrected chi connectivity index (χ0v) is 25.9. The molecule has 2 aliphatic rings. The smallest absolute Gasteiger partial charge is 0.345 e. The van der Waals surface area contributed by atoms with Gasteiger partial charge in [-0.05, 0) is 70.8 Å². The number of anilines is 2. The summed E-state index contributed by atoms with van der Waals surface area (Å²) in [7, 11) is 0. The number of carboxylic acids is 1. The Bertz CT molecular complexity index is 1770. The fourth-order valence-electron chi connectivity index (χ4n) is 6.79. The number of thiophene rings is 1. The lowest BCUT2D eigenvalue weighted by molar-refractivity contribution is -0.122. The number of halogens is 3. The molecule has 0 radical (unpaired) electrons. The number of hydrogen-bond acceptors (Lipinski definition) is 6. The second-order valence-electron chi connectivity index (χ2n) is 12.4. The number of nitrogens with zero attached hydrogens (tertiary/aromatic N) is 1. The Labute approximate surface area is 262 Å². The lowest BCUT2D eigenvalue weighted by atomic mass is 9.62. The van der Waals surface area contributed by atoms with Gasteiger partial charge in [-0.25, -0.2) is 9.18 Å². The minimum absolute atomic E-state index is 0.0727. The van der Waals surface area contributed by atoms with E-state index in [2.05, 4.69) is 31.4 Å². The van der Waals surface area contributed by atoms with Crippen LogP contribution < -0.4 is 15.7 Å². The summed E-state index contributed by atoms with van der Waals surface area (Å²) in [5.74, 6) is -2.77. The molecular formula is C32H29Cl2FN3O4S-. The van der Waals surface area contributed by atoms with E-state index in [-0.39, 0.29) is 33.3 Å². The van der Waals surface area contributed by atoms with Crippen LogP contribution in [0.2, 0.25) is 10.0 Å². The van der Waals surface area contributed by atoms with Crippen LogP contribution in [0.1, 0.15) is 53.9 Å². The zero-order chi connectivity index (χ0) is 30.8. The molecule has 4 atom stereocenters. The first-order valence-corrected chi connectivity index (χ1v) is 15.4. The molecule has 1 saturated heterocycles. The highest BCUT2D eigenvalue weighted by atomic mass is 35.5. The maximum Gasteiger partial charge on any atom is 0.345 e. The maximum absolute atomic E-state index is 15.9. The number of carbonyl (C=O) groups excluding carboxylic acids is 1. The molecule has 2 aliphatic heterocycles. The first-order valence-electron chi connectivity index (χ1n) is 13.8. The Morgan fingerprint density at radius 1 is 1.14 bits per heavy atom. The van der Waals surface area contributed by atoms with E-state index in [1.54, 1.807) is 42.5 Å². The summed E-state index contributed by atoms with van der Waals surface area (Å²) in [4.78, 5) is 25.9. The molecule has 1 spiro atoms. The minimum atomic E-state index is -1.27. The van der Waals surface area contributed by atoms with Crippen LogP contribution in [0.5, 0.6) is 0 Å². The highest BCUT2D eigenvalue weighted by Crippen LogP contribution is 2.57. The molecule has 224 valence electrons. The van der Waals surface area contributed by atoms with Gasteiger partial charge in [0.05, 0.1) is 5.02 Å². The van der Waals surface area contributed by atoms with Crippen LogP contribution in [-0.2, 0) is 10.2 Å². The van der Waals surface area contributed by atoms with Crippen molar-refractivity contribution >= 4 is 67.9 Å². The molecule has 1 fully saturated rings. The summed E-state index contributed by atoms with van der Waals surface area (Å²) in [6.07, 6.45) is 0.551. The minimum Gasteiger partial charge on any atom is -0.758 e. The van der Waals surface area contributed by atoms with Crippen molar-refractivity contribution in [1.82, 2.24) is 5.32 Å². The fourth-order valence-corrected chi connectivity index (χ4v) is 8.03. The van der Waals surface area contributed by atoms with Crippen molar-refractivity contribution in [2.45, 2.75) is 50.6 Å². The quantitative estimate of drug-likeness (QED) is 0.186. The third-order valence-corrected chi connectivity index (χ3v) is 10.0. The Morgan fingerprint density at radius 3 is 2.63 bits per heavy atom. The molecule has 3 aromatic carbocycles. The molecule has 3 heterocycles. The summed E-state index contributed by atoms with van der Waals surface area (Å²) in [5, 5.41) is 31.6. The van der Waals surface area contributed by atoms with Crippen molar-refractivity contribution in [1.29, 1.82) is 0 Å². The highest BCUT2D eigenvalue weighted by Gasteiger charge is 2.64. The van der Waals surface area contributed by atoms with E-state index >= 15 is 4.39 Å². The van der Waals surface area contributed by atoms with Crippen LogP contribution >= 0.6 is 34.5 Å². The van der Waals surface area contributed by atoms with E-state index in [1.807, 2.05) is 6.07 Å². The SMILES string of the molecule is CC(C)(C)C[C@@H]1N[C@@H](CN([O-])c2ccc3sc(C(=O)O)cc3c2)[C@H](c2cccc(Cl)c2F)[C@]12C(=O)Nc1cc(Cl)ccc12. The number of hydroxylamine groups is 1. The molecule has 7 nitrogen and oxygen atoms in total. The van der Waals surface area contributed by atoms with E-state index in [4.69, 9.17) is 23.2 Å². The summed E-state index contributed by atoms with van der Waals surface area (Å²) in [6.45, 7) is 6.10. The molecule has 0 saturated carbocycles. The number of benzene rings is 3. The number of fused-ring (bicyclic) bond motifs is 3. The van der Waals surface area contributed by atoms with Crippen LogP contribution in [0.25, 0.3) is 10.1 Å². The molecule has 11 heteroatoms. The van der Waals surface area contributed by atoms with E-state index in [0.29, 0.717) is 33.8 Å². The van der Waals surface area contributed by atoms with Gasteiger partial charge in [-0.15, -0.1) is 11.3 Å². The van der Waals surface area contributed by atoms with Gasteiger partial charge in [0.25, 0.3) is 0 Å². The van der Waals surface area contributed by atoms with Crippen LogP contribution in [0.15, 0.2) is 60.7 Å². The number of rotatable bonds is 6. The maximum atomic E-state index is 15.9. The van der Waals surface area contributed by atoms with Gasteiger partial charge >= 0.3 is 5.97 Å². The number of aromatic carboxylic acids is 1. The average Bonchev–Trinajstić information content (AvgIpc) is 3.57. The third-order valence-electron chi connectivity index (χ3n) is 8.40. The predicted octanol–water partition coefficient (Wildman–Crippen LogP) is 7.80. The largest absolute Gasteiger partial charge is 0.758 e. The molecule has 1 amide bonds. The number of carboxylic acid groups (broad SMARTS) is 1. The molecule has 0 unspecified atom stereocenters. The molecule has 0 bridgehead atoms. The molecule has 3 N–H and O–H groups in total. The molecule has 43 heavy (non-hydrogen) atoms. The van der Waals surface area contributed by atoms with Gasteiger partial charge in [0, 0.05) is 45.6 Å². The third kappa shape index (κ3) is 5.07. The van der Waals surface area contributed by atoms with Crippen molar-refractivity contribution in [3.63, 3.8) is 0 Å². The lowest BCUT2D eigenvalue weighted by Gasteiger charge is -2.39. The second-order valence-corrected chi connectivity index (χ2v) is 14.4. The van der Waals surface area contributed by atoms with Crippen molar-refractivity contribution in [2.24, 2.45) is 5.41 Å². The number of hydrogen-bond donors (Lipinski definition) is 3. The van der Waals surface area contributed by atoms with Crippen LogP contribution in [0.4, 0.5) is 15.8 Å². The standard InChI is InChI=1S/C32H29Cl2FN3O4S/c1-31(2,3)14-26-32(20-9-7-17(33)13-22(20)37-30(32)41)27(19-5-4-6-21(34)28(19)35)23(36-26)15-38(42)18-8-10-24-16(11-18)12-25(43-24)29(39)40/h4-13,23,26-27,36H,14-15H2,1-3H3,(H,37,41)(H,39,40)/q-1/t23-,26-,27-,32+/m0/s1. The Morgan fingerprint density at radius 2 is 1.91 bits per heavy atom. The molecule has 6 rings (SSSR count). The monoisotopic (exact) mass is 640 g/mol. The van der Waals surface area contributed by atoms with Gasteiger partial charge in [-0.1, -0.05) is 62.2 Å². The molecule has 4 aromatic rings. The van der Waals surface area contributed by atoms with Gasteiger partial charge < -0.3 is 26.0 Å². The first-order chi connectivity index (χ1) is 20.3. The fraction of sp³-hybridized carbons (Fsp3) is 0.312. The van der Waals surface area contributed by atoms with Crippen molar-refractivity contribution in [3.05, 3.63) is 97.7 Å². The van der Waals surface area contributed by atoms with Crippen molar-refractivity contribution in [2.75, 3.05) is 16.9 Å². The van der Waals surface area contributed by atoms with E-state index < -0.39 is 35.2 Å². The van der Waals surface area contributed by atoms with E-state index in [0.717, 1.165) is 21.1 Å². The summed E-state index contributed by atoms with van der Waals surface area (Å²) in [5.41, 5.74) is 0.321. The summed E-state index contributed by atoms with van der Waals surface area (Å²) in [6, 6.07) is 15.4. The normalized spacial score (nSPS) is 23.1. The molecule has 0 aliphatic carbocycles. The molecule has 1 aromatic heterocycles. The predicted molar refractivity (Wildman–Crippen MR) is 170 cm³/mol. The number of amides is 1. The van der Waals surface area contributed by atoms with Gasteiger partial charge in [0.2, 0.25) is 5.91 Å². The van der Waals surface area contributed by atoms with Crippen molar-refractivity contribution in [3.8, 4) is 0 Å². The van der Waals surface area contributed by atoms with E-state index in [9.17, 15) is 19.9 Å². The Balaban J connectivity index is 1.49. The van der Waals surface area contributed by atoms with Gasteiger partial charge in [0.1, 0.15) is 16.1 Å². The Hall–Kier alpha value is -3.21. The first kappa shape index (κ1) is 29.8. The van der Waals surface area contributed by atoms with E-state index in [1.165, 1.54) is 12.1 Å². The zero-order valence-electron chi connectivity index (χ0n) is 23.6. The second kappa shape index (κ2) is 10.7. The van der Waals surface area contributed by atoms with Crippen LogP contribution in [0, 0.1) is 16.4 Å². The van der Waals surface area contributed by atoms with Crippen LogP contribution in [0.3, 0.4) is 0 Å². The number of carbonyl (C=O) groups is 2.